The van der Waals surface area contributed by atoms with Gasteiger partial charge in [0.1, 0.15) is 0 Å². The largest absolute Gasteiger partial charge is 0.310 e. The Hall–Kier alpha value is -0.550. The van der Waals surface area contributed by atoms with Crippen molar-refractivity contribution in [3.63, 3.8) is 0 Å². The summed E-state index contributed by atoms with van der Waals surface area (Å²) in [4.78, 5) is 0. The maximum Gasteiger partial charge on any atom is 0.0965 e. The first-order valence-electron chi connectivity index (χ1n) is 5.58. The maximum absolute atomic E-state index is 4.15. The molecule has 0 aliphatic carbocycles. The highest BCUT2D eigenvalue weighted by Crippen LogP contribution is 2.11. The average Bonchev–Trinajstić information content (AvgIpc) is 2.65. The van der Waals surface area contributed by atoms with E-state index in [1.54, 1.807) is 0 Å². The minimum Gasteiger partial charge on any atom is -0.310 e. The van der Waals surface area contributed by atoms with Gasteiger partial charge < -0.3 is 5.32 Å². The van der Waals surface area contributed by atoms with Gasteiger partial charge in [-0.15, -0.1) is 5.10 Å². The summed E-state index contributed by atoms with van der Waals surface area (Å²) in [5, 5.41) is 12.3. The number of nitrogens with one attached hydrogen (secondary N) is 1. The van der Waals surface area contributed by atoms with Crippen LogP contribution in [0.4, 0.5) is 0 Å². The van der Waals surface area contributed by atoms with E-state index in [-0.39, 0.29) is 5.54 Å². The quantitative estimate of drug-likeness (QED) is 0.856. The van der Waals surface area contributed by atoms with Gasteiger partial charge in [0.15, 0.2) is 0 Å². The van der Waals surface area contributed by atoms with Crippen molar-refractivity contribution in [1.82, 2.24) is 20.3 Å². The van der Waals surface area contributed by atoms with E-state index in [4.69, 9.17) is 0 Å². The fourth-order valence-electron chi connectivity index (χ4n) is 1.19. The minimum absolute atomic E-state index is 0.0117. The van der Waals surface area contributed by atoms with E-state index in [2.05, 4.69) is 49.6 Å². The van der Waals surface area contributed by atoms with Crippen molar-refractivity contribution in [2.45, 2.75) is 45.0 Å². The third-order valence-corrected chi connectivity index (χ3v) is 3.34. The SMILES string of the molecule is CSC(C)CNCc1cn(C(C)(C)C)nn1. The molecule has 1 aromatic heterocycles. The number of aromatic nitrogens is 3. The van der Waals surface area contributed by atoms with Crippen LogP contribution in [0, 0.1) is 0 Å². The van der Waals surface area contributed by atoms with Crippen LogP contribution in [0.15, 0.2) is 6.20 Å². The molecule has 5 heteroatoms. The van der Waals surface area contributed by atoms with E-state index in [1.165, 1.54) is 0 Å². The lowest BCUT2D eigenvalue weighted by Crippen LogP contribution is -2.23. The summed E-state index contributed by atoms with van der Waals surface area (Å²) in [7, 11) is 0. The maximum atomic E-state index is 4.15. The first-order valence-corrected chi connectivity index (χ1v) is 6.87. The smallest absolute Gasteiger partial charge is 0.0965 e. The van der Waals surface area contributed by atoms with E-state index in [1.807, 2.05) is 22.6 Å². The van der Waals surface area contributed by atoms with E-state index >= 15 is 0 Å². The zero-order valence-corrected chi connectivity index (χ0v) is 11.6. The van der Waals surface area contributed by atoms with E-state index in [0.717, 1.165) is 18.8 Å². The molecule has 1 rings (SSSR count). The summed E-state index contributed by atoms with van der Waals surface area (Å²) in [6, 6.07) is 0. The number of hydrogen-bond donors (Lipinski definition) is 1. The Kier molecular flexibility index (Phi) is 4.80. The minimum atomic E-state index is 0.0117. The van der Waals surface area contributed by atoms with Crippen LogP contribution in [0.25, 0.3) is 0 Å². The molecule has 0 aliphatic heterocycles. The van der Waals surface area contributed by atoms with Crippen molar-refractivity contribution in [3.8, 4) is 0 Å². The molecule has 0 amide bonds. The molecule has 0 fully saturated rings. The van der Waals surface area contributed by atoms with Crippen LogP contribution in [0.3, 0.4) is 0 Å². The highest BCUT2D eigenvalue weighted by Gasteiger charge is 2.14. The van der Waals surface area contributed by atoms with Crippen LogP contribution in [0.5, 0.6) is 0 Å². The Morgan fingerprint density at radius 2 is 2.19 bits per heavy atom. The summed E-state index contributed by atoms with van der Waals surface area (Å²) < 4.78 is 1.90. The monoisotopic (exact) mass is 242 g/mol. The predicted molar refractivity (Wildman–Crippen MR) is 69.7 cm³/mol. The molecule has 0 saturated carbocycles. The molecule has 0 spiro atoms. The van der Waals surface area contributed by atoms with Gasteiger partial charge in [0, 0.05) is 18.3 Å². The molecule has 16 heavy (non-hydrogen) atoms. The highest BCUT2D eigenvalue weighted by molar-refractivity contribution is 7.99. The molecule has 92 valence electrons. The third kappa shape index (κ3) is 4.14. The molecule has 0 aromatic carbocycles. The molecule has 0 saturated heterocycles. The Bertz CT molecular complexity index is 316. The molecule has 0 radical (unpaired) electrons. The summed E-state index contributed by atoms with van der Waals surface area (Å²) in [6.07, 6.45) is 4.14. The number of hydrogen-bond acceptors (Lipinski definition) is 4. The lowest BCUT2D eigenvalue weighted by Gasteiger charge is -2.17. The number of thioether (sulfide) groups is 1. The molecule has 1 unspecified atom stereocenters. The molecule has 0 bridgehead atoms. The van der Waals surface area contributed by atoms with Crippen LogP contribution >= 0.6 is 11.8 Å². The molecule has 4 nitrogen and oxygen atoms in total. The Morgan fingerprint density at radius 3 is 2.69 bits per heavy atom. The van der Waals surface area contributed by atoms with Crippen LogP contribution < -0.4 is 5.32 Å². The topological polar surface area (TPSA) is 42.7 Å². The van der Waals surface area contributed by atoms with Crippen LogP contribution in [0.1, 0.15) is 33.4 Å². The van der Waals surface area contributed by atoms with Gasteiger partial charge in [-0.3, -0.25) is 0 Å². The summed E-state index contributed by atoms with van der Waals surface area (Å²) in [6.45, 7) is 10.4. The van der Waals surface area contributed by atoms with Crippen molar-refractivity contribution >= 4 is 11.8 Å². The summed E-state index contributed by atoms with van der Waals surface area (Å²) >= 11 is 1.87. The van der Waals surface area contributed by atoms with Crippen molar-refractivity contribution in [3.05, 3.63) is 11.9 Å². The van der Waals surface area contributed by atoms with Gasteiger partial charge in [-0.1, -0.05) is 12.1 Å². The fraction of sp³-hybridized carbons (Fsp3) is 0.818. The van der Waals surface area contributed by atoms with E-state index < -0.39 is 0 Å². The molecular weight excluding hydrogens is 220 g/mol. The summed E-state index contributed by atoms with van der Waals surface area (Å²) in [5.74, 6) is 0. The van der Waals surface area contributed by atoms with Gasteiger partial charge >= 0.3 is 0 Å². The van der Waals surface area contributed by atoms with Gasteiger partial charge in [-0.05, 0) is 27.0 Å². The zero-order chi connectivity index (χ0) is 12.2. The average molecular weight is 242 g/mol. The number of rotatable bonds is 5. The highest BCUT2D eigenvalue weighted by atomic mass is 32.2. The first-order chi connectivity index (χ1) is 7.43. The second-order valence-electron chi connectivity index (χ2n) is 5.00. The van der Waals surface area contributed by atoms with Crippen LogP contribution in [-0.2, 0) is 12.1 Å². The lowest BCUT2D eigenvalue weighted by atomic mass is 10.1. The lowest BCUT2D eigenvalue weighted by molar-refractivity contribution is 0.347. The third-order valence-electron chi connectivity index (χ3n) is 2.37. The number of nitrogens with zero attached hydrogens (tertiary/aromatic N) is 3. The van der Waals surface area contributed by atoms with Gasteiger partial charge in [-0.25, -0.2) is 4.68 Å². The van der Waals surface area contributed by atoms with E-state index in [9.17, 15) is 0 Å². The zero-order valence-electron chi connectivity index (χ0n) is 10.8. The van der Waals surface area contributed by atoms with Gasteiger partial charge in [0.2, 0.25) is 0 Å². The summed E-state index contributed by atoms with van der Waals surface area (Å²) in [5.41, 5.74) is 1.01. The van der Waals surface area contributed by atoms with E-state index in [0.29, 0.717) is 5.25 Å². The van der Waals surface area contributed by atoms with Gasteiger partial charge in [0.25, 0.3) is 0 Å². The molecule has 0 aliphatic rings. The van der Waals surface area contributed by atoms with Gasteiger partial charge in [0.05, 0.1) is 17.4 Å². The molecule has 1 atom stereocenters. The second kappa shape index (κ2) is 5.68. The van der Waals surface area contributed by atoms with Crippen molar-refractivity contribution in [2.24, 2.45) is 0 Å². The standard InChI is InChI=1S/C11H22N4S/c1-9(16-5)6-12-7-10-8-15(14-13-10)11(2,3)4/h8-9,12H,6-7H2,1-5H3. The Morgan fingerprint density at radius 1 is 1.50 bits per heavy atom. The predicted octanol–water partition coefficient (Wildman–Crippen LogP) is 1.87. The second-order valence-corrected chi connectivity index (χ2v) is 6.28. The normalized spacial score (nSPS) is 14.1. The van der Waals surface area contributed by atoms with Crippen molar-refractivity contribution in [2.75, 3.05) is 12.8 Å². The molecular formula is C11H22N4S. The Balaban J connectivity index is 2.41. The van der Waals surface area contributed by atoms with Crippen molar-refractivity contribution < 1.29 is 0 Å². The van der Waals surface area contributed by atoms with Crippen LogP contribution in [0.2, 0.25) is 0 Å². The van der Waals surface area contributed by atoms with Gasteiger partial charge in [-0.2, -0.15) is 11.8 Å². The molecule has 1 heterocycles. The Labute approximate surface area is 102 Å². The first kappa shape index (κ1) is 13.5. The molecule has 1 aromatic rings. The van der Waals surface area contributed by atoms with Crippen molar-refractivity contribution in [1.29, 1.82) is 0 Å². The molecule has 1 N–H and O–H groups in total. The fourth-order valence-corrected chi connectivity index (χ4v) is 1.48. The van der Waals surface area contributed by atoms with Crippen LogP contribution in [-0.4, -0.2) is 33.0 Å².